The molecule has 1 atom stereocenters. The normalized spacial score (nSPS) is 13.1. The van der Waals surface area contributed by atoms with Gasteiger partial charge in [-0.25, -0.2) is 9.59 Å². The van der Waals surface area contributed by atoms with Crippen molar-refractivity contribution in [2.45, 2.75) is 84.7 Å². The monoisotopic (exact) mass is 434 g/mol. The summed E-state index contributed by atoms with van der Waals surface area (Å²) >= 11 is 0. The molecule has 0 spiro atoms. The van der Waals surface area contributed by atoms with Crippen LogP contribution < -0.4 is 0 Å². The van der Waals surface area contributed by atoms with Gasteiger partial charge >= 0.3 is 11.9 Å². The first kappa shape index (κ1) is 30.8. The molecule has 0 aromatic rings. The number of carbonyl (C=O) groups is 2. The number of carboxylic acids is 2. The Morgan fingerprint density at radius 1 is 0.742 bits per heavy atom. The lowest BCUT2D eigenvalue weighted by Gasteiger charge is -2.06. The Kier molecular flexibility index (Phi) is 23.7. The van der Waals surface area contributed by atoms with Gasteiger partial charge in [-0.1, -0.05) is 114 Å². The van der Waals surface area contributed by atoms with Crippen LogP contribution in [0.4, 0.5) is 0 Å². The van der Waals surface area contributed by atoms with Crippen molar-refractivity contribution in [1.29, 1.82) is 0 Å². The first-order valence-corrected chi connectivity index (χ1v) is 11.3. The molecule has 0 aliphatic rings. The predicted molar refractivity (Wildman–Crippen MR) is 129 cm³/mol. The number of carboxylic acid groups (broad SMARTS) is 2. The summed E-state index contributed by atoms with van der Waals surface area (Å²) < 4.78 is 0. The van der Waals surface area contributed by atoms with Gasteiger partial charge in [-0.15, -0.1) is 0 Å². The number of rotatable bonds is 16. The van der Waals surface area contributed by atoms with Gasteiger partial charge in [0.2, 0.25) is 0 Å². The number of aliphatic hydroxyl groups excluding tert-OH is 1. The van der Waals surface area contributed by atoms with Crippen molar-refractivity contribution >= 4 is 11.9 Å². The third kappa shape index (κ3) is 29.9. The fourth-order valence-corrected chi connectivity index (χ4v) is 2.46. The van der Waals surface area contributed by atoms with E-state index in [0.717, 1.165) is 12.5 Å². The van der Waals surface area contributed by atoms with Crippen molar-refractivity contribution in [3.63, 3.8) is 0 Å². The molecule has 0 heterocycles. The zero-order chi connectivity index (χ0) is 23.7. The summed E-state index contributed by atoms with van der Waals surface area (Å²) in [7, 11) is 0. The third-order valence-corrected chi connectivity index (χ3v) is 4.11. The van der Waals surface area contributed by atoms with E-state index in [2.05, 4.69) is 19.1 Å². The number of allylic oxidation sites excluding steroid dienone is 9. The molecule has 0 aliphatic carbocycles. The molecular formula is C26H42O5. The molecule has 0 radical (unpaired) electrons. The maximum Gasteiger partial charge on any atom is 0.332 e. The lowest BCUT2D eigenvalue weighted by molar-refractivity contribution is -0.147. The van der Waals surface area contributed by atoms with Crippen molar-refractivity contribution in [2.24, 2.45) is 5.92 Å². The third-order valence-electron chi connectivity index (χ3n) is 4.11. The second-order valence-electron chi connectivity index (χ2n) is 7.67. The number of hydrogen-bond donors (Lipinski definition) is 3. The van der Waals surface area contributed by atoms with Crippen LogP contribution >= 0.6 is 0 Å². The Labute approximate surface area is 188 Å². The van der Waals surface area contributed by atoms with Crippen LogP contribution in [0.15, 0.2) is 60.8 Å². The summed E-state index contributed by atoms with van der Waals surface area (Å²) in [5.41, 5.74) is 0. The van der Waals surface area contributed by atoms with Crippen LogP contribution in [0.25, 0.3) is 0 Å². The van der Waals surface area contributed by atoms with Crippen molar-refractivity contribution < 1.29 is 24.9 Å². The first-order valence-electron chi connectivity index (χ1n) is 11.3. The molecule has 0 aromatic heterocycles. The van der Waals surface area contributed by atoms with Gasteiger partial charge in [-0.2, -0.15) is 0 Å². The van der Waals surface area contributed by atoms with Gasteiger partial charge < -0.3 is 15.3 Å². The molecule has 3 N–H and O–H groups in total. The topological polar surface area (TPSA) is 94.8 Å². The van der Waals surface area contributed by atoms with Crippen molar-refractivity contribution in [2.75, 3.05) is 0 Å². The second-order valence-corrected chi connectivity index (χ2v) is 7.67. The molecule has 0 saturated carbocycles. The van der Waals surface area contributed by atoms with Gasteiger partial charge in [0, 0.05) is 6.08 Å². The minimum Gasteiger partial charge on any atom is -0.479 e. The van der Waals surface area contributed by atoms with E-state index in [4.69, 9.17) is 15.3 Å². The zero-order valence-corrected chi connectivity index (χ0v) is 19.5. The summed E-state index contributed by atoms with van der Waals surface area (Å²) in [6.07, 6.45) is 27.9. The molecule has 5 nitrogen and oxygen atoms in total. The summed E-state index contributed by atoms with van der Waals surface area (Å²) in [6.45, 7) is 5.98. The quantitative estimate of drug-likeness (QED) is 0.147. The second kappa shape index (κ2) is 23.9. The van der Waals surface area contributed by atoms with E-state index in [0.29, 0.717) is 6.42 Å². The summed E-state index contributed by atoms with van der Waals surface area (Å²) in [5, 5.41) is 25.3. The van der Waals surface area contributed by atoms with Crippen molar-refractivity contribution in [3.05, 3.63) is 60.8 Å². The SMILES string of the molecule is CC(C)CC(O)C(=O)O.CCCCCCCCCC=CC=CC=CC=CC=CC(=O)O. The predicted octanol–water partition coefficient (Wildman–Crippen LogP) is 6.47. The Morgan fingerprint density at radius 3 is 1.68 bits per heavy atom. The first-order chi connectivity index (χ1) is 14.8. The van der Waals surface area contributed by atoms with E-state index in [1.165, 1.54) is 51.0 Å². The minimum atomic E-state index is -1.19. The van der Waals surface area contributed by atoms with Crippen molar-refractivity contribution in [1.82, 2.24) is 0 Å². The average Bonchev–Trinajstić information content (AvgIpc) is 2.70. The zero-order valence-electron chi connectivity index (χ0n) is 19.5. The molecule has 176 valence electrons. The largest absolute Gasteiger partial charge is 0.479 e. The summed E-state index contributed by atoms with van der Waals surface area (Å²) in [4.78, 5) is 20.2. The van der Waals surface area contributed by atoms with E-state index in [9.17, 15) is 9.59 Å². The molecule has 0 aromatic carbocycles. The minimum absolute atomic E-state index is 0.232. The standard InChI is InChI=1S/C20H30O2.C6H12O3/c1-2-3-4-5-6-7-8-9-10-11-12-13-14-15-16-17-18-19-20(21)22;1-4(2)3-5(7)6(8)9/h10-19H,2-9H2,1H3,(H,21,22);4-5,7H,3H2,1-2H3,(H,8,9). The van der Waals surface area contributed by atoms with E-state index < -0.39 is 18.0 Å². The molecule has 0 rings (SSSR count). The molecule has 0 fully saturated rings. The highest BCUT2D eigenvalue weighted by molar-refractivity contribution is 5.80. The fraction of sp³-hybridized carbons (Fsp3) is 0.538. The fourth-order valence-electron chi connectivity index (χ4n) is 2.46. The van der Waals surface area contributed by atoms with Crippen LogP contribution in [0.3, 0.4) is 0 Å². The number of aliphatic carboxylic acids is 2. The molecular weight excluding hydrogens is 392 g/mol. The van der Waals surface area contributed by atoms with Crippen LogP contribution in [-0.2, 0) is 9.59 Å². The molecule has 0 aliphatic heterocycles. The van der Waals surface area contributed by atoms with Crippen LogP contribution in [0.1, 0.15) is 78.6 Å². The highest BCUT2D eigenvalue weighted by Crippen LogP contribution is 2.08. The Morgan fingerprint density at radius 2 is 1.23 bits per heavy atom. The number of hydrogen-bond acceptors (Lipinski definition) is 3. The van der Waals surface area contributed by atoms with Gasteiger partial charge in [0.1, 0.15) is 0 Å². The molecule has 5 heteroatoms. The highest BCUT2D eigenvalue weighted by Gasteiger charge is 2.13. The Hall–Kier alpha value is -2.40. The molecule has 0 amide bonds. The van der Waals surface area contributed by atoms with E-state index in [1.54, 1.807) is 12.2 Å². The van der Waals surface area contributed by atoms with E-state index in [-0.39, 0.29) is 5.92 Å². The van der Waals surface area contributed by atoms with Gasteiger partial charge in [-0.05, 0) is 25.2 Å². The van der Waals surface area contributed by atoms with Gasteiger partial charge in [0.15, 0.2) is 6.10 Å². The molecule has 1 unspecified atom stereocenters. The van der Waals surface area contributed by atoms with Crippen molar-refractivity contribution in [3.8, 4) is 0 Å². The molecule has 0 saturated heterocycles. The van der Waals surface area contributed by atoms with Crippen LogP contribution in [0, 0.1) is 5.92 Å². The summed E-state index contributed by atoms with van der Waals surface area (Å²) in [6, 6.07) is 0. The van der Waals surface area contributed by atoms with E-state index in [1.807, 2.05) is 38.2 Å². The van der Waals surface area contributed by atoms with Gasteiger partial charge in [0.05, 0.1) is 0 Å². The van der Waals surface area contributed by atoms with Crippen LogP contribution in [0.5, 0.6) is 0 Å². The van der Waals surface area contributed by atoms with E-state index >= 15 is 0 Å². The lowest BCUT2D eigenvalue weighted by Crippen LogP contribution is -2.21. The van der Waals surface area contributed by atoms with Gasteiger partial charge in [0.25, 0.3) is 0 Å². The maximum absolute atomic E-state index is 10.2. The highest BCUT2D eigenvalue weighted by atomic mass is 16.4. The lowest BCUT2D eigenvalue weighted by atomic mass is 10.1. The Balaban J connectivity index is 0. The number of aliphatic hydroxyl groups is 1. The Bertz CT molecular complexity index is 583. The smallest absolute Gasteiger partial charge is 0.332 e. The average molecular weight is 435 g/mol. The molecule has 0 bridgehead atoms. The van der Waals surface area contributed by atoms with Gasteiger partial charge in [-0.3, -0.25) is 0 Å². The maximum atomic E-state index is 10.2. The summed E-state index contributed by atoms with van der Waals surface area (Å²) in [5.74, 6) is -1.83. The van der Waals surface area contributed by atoms with Crippen LogP contribution in [-0.4, -0.2) is 33.4 Å². The molecule has 31 heavy (non-hydrogen) atoms. The number of unbranched alkanes of at least 4 members (excludes halogenated alkanes) is 7. The van der Waals surface area contributed by atoms with Crippen LogP contribution in [0.2, 0.25) is 0 Å².